The molecule has 0 aliphatic carbocycles. The lowest BCUT2D eigenvalue weighted by atomic mass is 10.1. The van der Waals surface area contributed by atoms with E-state index in [-0.39, 0.29) is 12.3 Å². The number of nitrogens with zero attached hydrogens (tertiary/aromatic N) is 2. The van der Waals surface area contributed by atoms with Gasteiger partial charge in [-0.15, -0.1) is 11.3 Å². The molecule has 23 heavy (non-hydrogen) atoms. The van der Waals surface area contributed by atoms with E-state index < -0.39 is 11.9 Å². The number of nitrogens with one attached hydrogen (secondary N) is 1. The molecule has 2 N–H and O–H groups in total. The predicted octanol–water partition coefficient (Wildman–Crippen LogP) is 1.85. The van der Waals surface area contributed by atoms with Crippen molar-refractivity contribution in [2.45, 2.75) is 25.3 Å². The highest BCUT2D eigenvalue weighted by atomic mass is 32.1. The standard InChI is InChI=1S/C16H17N3O3S/c20-14(18-13-7-4-8-19(22)16(13)21)9-12-10-23-15(17-12)11-5-2-1-3-6-11/h1-3,5-6,10,13,22H,4,7-9H2,(H,18,20). The average molecular weight is 331 g/mol. The molecule has 1 unspecified atom stereocenters. The first-order valence-corrected chi connectivity index (χ1v) is 8.31. The Morgan fingerprint density at radius 1 is 1.39 bits per heavy atom. The van der Waals surface area contributed by atoms with Gasteiger partial charge in [-0.2, -0.15) is 0 Å². The highest BCUT2D eigenvalue weighted by molar-refractivity contribution is 7.13. The first-order valence-electron chi connectivity index (χ1n) is 7.43. The van der Waals surface area contributed by atoms with Crippen molar-refractivity contribution in [3.8, 4) is 10.6 Å². The molecule has 0 radical (unpaired) electrons. The fourth-order valence-electron chi connectivity index (χ4n) is 2.50. The van der Waals surface area contributed by atoms with Crippen molar-refractivity contribution in [2.75, 3.05) is 6.54 Å². The SMILES string of the molecule is O=C(Cc1csc(-c2ccccc2)n1)NC1CCCN(O)C1=O. The number of benzene rings is 1. The third-order valence-electron chi connectivity index (χ3n) is 3.66. The maximum atomic E-state index is 12.1. The zero-order chi connectivity index (χ0) is 16.2. The van der Waals surface area contributed by atoms with Crippen LogP contribution in [0.25, 0.3) is 10.6 Å². The Morgan fingerprint density at radius 3 is 2.96 bits per heavy atom. The Morgan fingerprint density at radius 2 is 2.17 bits per heavy atom. The van der Waals surface area contributed by atoms with Crippen LogP contribution >= 0.6 is 11.3 Å². The summed E-state index contributed by atoms with van der Waals surface area (Å²) in [7, 11) is 0. The second-order valence-corrected chi connectivity index (χ2v) is 6.27. The van der Waals surface area contributed by atoms with E-state index in [1.165, 1.54) is 11.3 Å². The number of aromatic nitrogens is 1. The lowest BCUT2D eigenvalue weighted by Gasteiger charge is -2.27. The predicted molar refractivity (Wildman–Crippen MR) is 85.9 cm³/mol. The molecule has 1 aromatic heterocycles. The van der Waals surface area contributed by atoms with Crippen molar-refractivity contribution in [3.63, 3.8) is 0 Å². The van der Waals surface area contributed by atoms with Gasteiger partial charge in [-0.1, -0.05) is 30.3 Å². The van der Waals surface area contributed by atoms with Crippen LogP contribution in [0, 0.1) is 0 Å². The van der Waals surface area contributed by atoms with Gasteiger partial charge < -0.3 is 5.32 Å². The molecule has 2 aromatic rings. The van der Waals surface area contributed by atoms with Crippen LogP contribution in [0.4, 0.5) is 0 Å². The maximum Gasteiger partial charge on any atom is 0.268 e. The van der Waals surface area contributed by atoms with Gasteiger partial charge in [0.1, 0.15) is 11.0 Å². The van der Waals surface area contributed by atoms with Gasteiger partial charge in [0.2, 0.25) is 5.91 Å². The normalized spacial score (nSPS) is 18.0. The molecular formula is C16H17N3O3S. The first kappa shape index (κ1) is 15.6. The molecule has 2 amide bonds. The molecule has 1 atom stereocenters. The van der Waals surface area contributed by atoms with Gasteiger partial charge in [0.15, 0.2) is 0 Å². The summed E-state index contributed by atoms with van der Waals surface area (Å²) in [5.74, 6) is -0.712. The summed E-state index contributed by atoms with van der Waals surface area (Å²) in [6, 6.07) is 9.13. The topological polar surface area (TPSA) is 82.5 Å². The quantitative estimate of drug-likeness (QED) is 0.838. The molecule has 0 saturated carbocycles. The number of thiazole rings is 1. The number of rotatable bonds is 4. The van der Waals surface area contributed by atoms with Gasteiger partial charge in [-0.25, -0.2) is 10.0 Å². The van der Waals surface area contributed by atoms with Crippen molar-refractivity contribution < 1.29 is 14.8 Å². The molecule has 0 bridgehead atoms. The van der Waals surface area contributed by atoms with E-state index in [0.717, 1.165) is 10.6 Å². The average Bonchev–Trinajstić information content (AvgIpc) is 3.01. The smallest absolute Gasteiger partial charge is 0.268 e. The first-order chi connectivity index (χ1) is 11.1. The highest BCUT2D eigenvalue weighted by Crippen LogP contribution is 2.23. The lowest BCUT2D eigenvalue weighted by Crippen LogP contribution is -2.51. The fraction of sp³-hybridized carbons (Fsp3) is 0.312. The van der Waals surface area contributed by atoms with E-state index in [0.29, 0.717) is 30.1 Å². The van der Waals surface area contributed by atoms with Crippen LogP contribution < -0.4 is 5.32 Å². The third-order valence-corrected chi connectivity index (χ3v) is 4.60. The van der Waals surface area contributed by atoms with E-state index in [2.05, 4.69) is 10.3 Å². The zero-order valence-electron chi connectivity index (χ0n) is 12.4. The van der Waals surface area contributed by atoms with Crippen molar-refractivity contribution in [1.82, 2.24) is 15.4 Å². The number of hydrogen-bond donors (Lipinski definition) is 2. The van der Waals surface area contributed by atoms with Gasteiger partial charge >= 0.3 is 0 Å². The second kappa shape index (κ2) is 6.89. The van der Waals surface area contributed by atoms with E-state index >= 15 is 0 Å². The van der Waals surface area contributed by atoms with E-state index in [4.69, 9.17) is 0 Å². The summed E-state index contributed by atoms with van der Waals surface area (Å²) in [4.78, 5) is 28.3. The number of carbonyl (C=O) groups is 2. The monoisotopic (exact) mass is 331 g/mol. The molecule has 3 rings (SSSR count). The van der Waals surface area contributed by atoms with E-state index in [9.17, 15) is 14.8 Å². The molecule has 1 fully saturated rings. The van der Waals surface area contributed by atoms with Crippen molar-refractivity contribution in [1.29, 1.82) is 0 Å². The molecule has 1 aliphatic heterocycles. The molecule has 1 aliphatic rings. The van der Waals surface area contributed by atoms with Gasteiger partial charge in [0.25, 0.3) is 5.91 Å². The maximum absolute atomic E-state index is 12.1. The summed E-state index contributed by atoms with van der Waals surface area (Å²) in [5, 5.41) is 15.5. The Labute approximate surface area is 137 Å². The van der Waals surface area contributed by atoms with Crippen LogP contribution in [0.15, 0.2) is 35.7 Å². The van der Waals surface area contributed by atoms with Crippen LogP contribution in [0.3, 0.4) is 0 Å². The van der Waals surface area contributed by atoms with Crippen LogP contribution in [0.2, 0.25) is 0 Å². The van der Waals surface area contributed by atoms with E-state index in [1.54, 1.807) is 0 Å². The van der Waals surface area contributed by atoms with E-state index in [1.807, 2.05) is 35.7 Å². The minimum Gasteiger partial charge on any atom is -0.344 e. The lowest BCUT2D eigenvalue weighted by molar-refractivity contribution is -0.173. The summed E-state index contributed by atoms with van der Waals surface area (Å²) in [5.41, 5.74) is 1.69. The van der Waals surface area contributed by atoms with Crippen molar-refractivity contribution >= 4 is 23.2 Å². The highest BCUT2D eigenvalue weighted by Gasteiger charge is 2.29. The summed E-state index contributed by atoms with van der Waals surface area (Å²) in [6.45, 7) is 0.317. The fourth-order valence-corrected chi connectivity index (χ4v) is 3.33. The van der Waals surface area contributed by atoms with Crippen molar-refractivity contribution in [2.24, 2.45) is 0 Å². The summed E-state index contributed by atoms with van der Waals surface area (Å²) >= 11 is 1.49. The van der Waals surface area contributed by atoms with Gasteiger partial charge in [-0.3, -0.25) is 14.8 Å². The minimum atomic E-state index is -0.645. The van der Waals surface area contributed by atoms with Crippen molar-refractivity contribution in [3.05, 3.63) is 41.4 Å². The molecule has 1 saturated heterocycles. The van der Waals surface area contributed by atoms with Crippen LogP contribution in [-0.4, -0.2) is 39.7 Å². The van der Waals surface area contributed by atoms with Gasteiger partial charge in [-0.05, 0) is 12.8 Å². The molecule has 1 aromatic carbocycles. The second-order valence-electron chi connectivity index (χ2n) is 5.41. The molecular weight excluding hydrogens is 314 g/mol. The summed E-state index contributed by atoms with van der Waals surface area (Å²) in [6.07, 6.45) is 1.34. The number of hydroxylamine groups is 2. The number of piperidine rings is 1. The molecule has 7 heteroatoms. The van der Waals surface area contributed by atoms with Gasteiger partial charge in [0.05, 0.1) is 12.1 Å². The number of carbonyl (C=O) groups excluding carboxylic acids is 2. The van der Waals surface area contributed by atoms with Crippen LogP contribution in [0.1, 0.15) is 18.5 Å². The number of amides is 2. The Bertz CT molecular complexity index is 702. The molecule has 6 nitrogen and oxygen atoms in total. The Kier molecular flexibility index (Phi) is 4.68. The molecule has 120 valence electrons. The molecule has 0 spiro atoms. The Hall–Kier alpha value is -2.25. The summed E-state index contributed by atoms with van der Waals surface area (Å²) < 4.78 is 0. The third kappa shape index (κ3) is 3.75. The Balaban J connectivity index is 1.60. The molecule has 2 heterocycles. The largest absolute Gasteiger partial charge is 0.344 e. The zero-order valence-corrected chi connectivity index (χ0v) is 13.3. The van der Waals surface area contributed by atoms with Crippen LogP contribution in [-0.2, 0) is 16.0 Å². The minimum absolute atomic E-state index is 0.124. The number of hydrogen-bond acceptors (Lipinski definition) is 5. The van der Waals surface area contributed by atoms with Gasteiger partial charge in [0, 0.05) is 17.5 Å². The van der Waals surface area contributed by atoms with Crippen LogP contribution in [0.5, 0.6) is 0 Å².